The fraction of sp³-hybridized carbons (Fsp3) is 0.857. The predicted octanol–water partition coefficient (Wildman–Crippen LogP) is 1.08. The Morgan fingerprint density at radius 1 is 1.32 bits per heavy atom. The van der Waals surface area contributed by atoms with E-state index in [0.717, 1.165) is 13.0 Å². The molecule has 2 N–H and O–H groups in total. The molecule has 0 aromatic carbocycles. The second-order valence-corrected chi connectivity index (χ2v) is 5.87. The fourth-order valence-electron chi connectivity index (χ4n) is 2.17. The Hall–Kier alpha value is -1.10. The molecule has 0 aromatic rings. The van der Waals surface area contributed by atoms with Crippen molar-refractivity contribution in [2.24, 2.45) is 11.8 Å². The predicted molar refractivity (Wildman–Crippen MR) is 73.6 cm³/mol. The van der Waals surface area contributed by atoms with Gasteiger partial charge in [-0.15, -0.1) is 0 Å². The number of hydrogen-bond donors (Lipinski definition) is 2. The van der Waals surface area contributed by atoms with Crippen LogP contribution in [0.25, 0.3) is 0 Å². The number of ether oxygens (including phenoxy) is 1. The van der Waals surface area contributed by atoms with E-state index in [1.807, 2.05) is 27.7 Å². The van der Waals surface area contributed by atoms with Crippen molar-refractivity contribution in [1.29, 1.82) is 0 Å². The summed E-state index contributed by atoms with van der Waals surface area (Å²) in [6.07, 6.45) is 1.28. The Morgan fingerprint density at radius 2 is 2.00 bits per heavy atom. The summed E-state index contributed by atoms with van der Waals surface area (Å²) in [5.41, 5.74) is 0. The number of esters is 1. The number of rotatable bonds is 6. The maximum Gasteiger partial charge on any atom is 0.328 e. The Balaban J connectivity index is 2.57. The molecular formula is C14H26N2O3. The van der Waals surface area contributed by atoms with Gasteiger partial charge in [-0.25, -0.2) is 4.79 Å². The third-order valence-electron chi connectivity index (χ3n) is 3.09. The quantitative estimate of drug-likeness (QED) is 0.709. The first-order valence-corrected chi connectivity index (χ1v) is 7.11. The first kappa shape index (κ1) is 16.0. The van der Waals surface area contributed by atoms with Gasteiger partial charge in [0.05, 0.1) is 12.0 Å². The second kappa shape index (κ2) is 7.48. The van der Waals surface area contributed by atoms with Crippen molar-refractivity contribution in [3.05, 3.63) is 0 Å². The second-order valence-electron chi connectivity index (χ2n) is 5.87. The van der Waals surface area contributed by atoms with E-state index in [-0.39, 0.29) is 23.9 Å². The Morgan fingerprint density at radius 3 is 2.47 bits per heavy atom. The largest absolute Gasteiger partial charge is 0.461 e. The van der Waals surface area contributed by atoms with E-state index in [0.29, 0.717) is 18.9 Å². The van der Waals surface area contributed by atoms with Crippen LogP contribution in [0.1, 0.15) is 40.5 Å². The van der Waals surface area contributed by atoms with E-state index in [1.165, 1.54) is 0 Å². The van der Waals surface area contributed by atoms with E-state index < -0.39 is 6.04 Å². The summed E-state index contributed by atoms with van der Waals surface area (Å²) >= 11 is 0. The third kappa shape index (κ3) is 5.59. The smallest absolute Gasteiger partial charge is 0.328 e. The molecule has 1 saturated heterocycles. The van der Waals surface area contributed by atoms with E-state index in [4.69, 9.17) is 4.74 Å². The maximum atomic E-state index is 12.1. The summed E-state index contributed by atoms with van der Waals surface area (Å²) in [4.78, 5) is 24.1. The van der Waals surface area contributed by atoms with Gasteiger partial charge in [-0.3, -0.25) is 4.79 Å². The average molecular weight is 270 g/mol. The third-order valence-corrected chi connectivity index (χ3v) is 3.09. The molecule has 0 aliphatic carbocycles. The van der Waals surface area contributed by atoms with E-state index in [9.17, 15) is 9.59 Å². The zero-order valence-corrected chi connectivity index (χ0v) is 12.4. The highest BCUT2D eigenvalue weighted by atomic mass is 16.5. The first-order chi connectivity index (χ1) is 8.90. The molecule has 1 aliphatic rings. The molecule has 0 saturated carbocycles. The van der Waals surface area contributed by atoms with Crippen molar-refractivity contribution in [2.75, 3.05) is 13.1 Å². The number of carbonyl (C=O) groups is 2. The summed E-state index contributed by atoms with van der Waals surface area (Å²) in [6.45, 7) is 9.24. The molecule has 2 atom stereocenters. The summed E-state index contributed by atoms with van der Waals surface area (Å²) in [5.74, 6) is -0.0763. The van der Waals surface area contributed by atoms with Crippen molar-refractivity contribution in [1.82, 2.24) is 10.6 Å². The van der Waals surface area contributed by atoms with Crippen LogP contribution in [0.2, 0.25) is 0 Å². The monoisotopic (exact) mass is 270 g/mol. The van der Waals surface area contributed by atoms with Crippen LogP contribution >= 0.6 is 0 Å². The molecule has 110 valence electrons. The van der Waals surface area contributed by atoms with Gasteiger partial charge in [0.2, 0.25) is 5.91 Å². The van der Waals surface area contributed by atoms with Gasteiger partial charge in [0.15, 0.2) is 0 Å². The van der Waals surface area contributed by atoms with Gasteiger partial charge in [0, 0.05) is 6.54 Å². The lowest BCUT2D eigenvalue weighted by atomic mass is 10.0. The summed E-state index contributed by atoms with van der Waals surface area (Å²) in [5, 5.41) is 5.99. The molecule has 1 amide bonds. The van der Waals surface area contributed by atoms with Crippen molar-refractivity contribution in [3.63, 3.8) is 0 Å². The van der Waals surface area contributed by atoms with Crippen LogP contribution in [0.3, 0.4) is 0 Å². The van der Waals surface area contributed by atoms with E-state index >= 15 is 0 Å². The molecule has 5 heteroatoms. The number of amides is 1. The van der Waals surface area contributed by atoms with Gasteiger partial charge in [-0.1, -0.05) is 13.8 Å². The molecular weight excluding hydrogens is 244 g/mol. The Kier molecular flexibility index (Phi) is 6.28. The first-order valence-electron chi connectivity index (χ1n) is 7.11. The molecule has 0 aromatic heterocycles. The van der Waals surface area contributed by atoms with Crippen LogP contribution in [0, 0.1) is 11.8 Å². The number of nitrogens with one attached hydrogen (secondary N) is 2. The highest BCUT2D eigenvalue weighted by molar-refractivity contribution is 5.86. The zero-order valence-electron chi connectivity index (χ0n) is 12.4. The van der Waals surface area contributed by atoms with Gasteiger partial charge in [-0.2, -0.15) is 0 Å². The minimum absolute atomic E-state index is 0.0264. The maximum absolute atomic E-state index is 12.1. The molecule has 0 spiro atoms. The van der Waals surface area contributed by atoms with Crippen molar-refractivity contribution >= 4 is 11.9 Å². The fourth-order valence-corrected chi connectivity index (χ4v) is 2.17. The molecule has 0 radical (unpaired) electrons. The molecule has 5 nitrogen and oxygen atoms in total. The molecule has 0 bridgehead atoms. The molecule has 19 heavy (non-hydrogen) atoms. The number of hydrogen-bond acceptors (Lipinski definition) is 4. The molecule has 1 unspecified atom stereocenters. The zero-order chi connectivity index (χ0) is 14.4. The highest BCUT2D eigenvalue weighted by Crippen LogP contribution is 2.12. The lowest BCUT2D eigenvalue weighted by molar-refractivity contribution is -0.152. The lowest BCUT2D eigenvalue weighted by Crippen LogP contribution is -2.46. The normalized spacial score (nSPS) is 20.6. The summed E-state index contributed by atoms with van der Waals surface area (Å²) < 4.78 is 5.21. The van der Waals surface area contributed by atoms with E-state index in [1.54, 1.807) is 0 Å². The van der Waals surface area contributed by atoms with Crippen molar-refractivity contribution in [2.45, 2.75) is 52.7 Å². The van der Waals surface area contributed by atoms with Crippen LogP contribution in [0.4, 0.5) is 0 Å². The van der Waals surface area contributed by atoms with Crippen LogP contribution in [-0.2, 0) is 14.3 Å². The van der Waals surface area contributed by atoms with Crippen molar-refractivity contribution < 1.29 is 14.3 Å². The van der Waals surface area contributed by atoms with Gasteiger partial charge in [0.25, 0.3) is 0 Å². The van der Waals surface area contributed by atoms with Gasteiger partial charge in [0.1, 0.15) is 6.04 Å². The topological polar surface area (TPSA) is 67.4 Å². The van der Waals surface area contributed by atoms with E-state index in [2.05, 4.69) is 10.6 Å². The molecule has 1 heterocycles. The number of carbonyl (C=O) groups excluding carboxylic acids is 2. The standard InChI is InChI=1S/C14H26N2O3/c1-9(2)7-12(14(18)19-10(3)4)16-13(17)11-5-6-15-8-11/h9-12,15H,5-8H2,1-4H3,(H,16,17)/t11?,12-/m0/s1. The van der Waals surface area contributed by atoms with Gasteiger partial charge < -0.3 is 15.4 Å². The summed E-state index contributed by atoms with van der Waals surface area (Å²) in [7, 11) is 0. The van der Waals surface area contributed by atoms with Crippen LogP contribution in [-0.4, -0.2) is 37.1 Å². The molecule has 1 aliphatic heterocycles. The Bertz CT molecular complexity index is 310. The van der Waals surface area contributed by atoms with Gasteiger partial charge in [-0.05, 0) is 39.2 Å². The lowest BCUT2D eigenvalue weighted by Gasteiger charge is -2.22. The van der Waals surface area contributed by atoms with Crippen LogP contribution in [0.15, 0.2) is 0 Å². The minimum atomic E-state index is -0.532. The SMILES string of the molecule is CC(C)C[C@H](NC(=O)C1CCNC1)C(=O)OC(C)C. The highest BCUT2D eigenvalue weighted by Gasteiger charge is 2.29. The molecule has 1 rings (SSSR count). The van der Waals surface area contributed by atoms with Crippen LogP contribution in [0.5, 0.6) is 0 Å². The summed E-state index contributed by atoms with van der Waals surface area (Å²) in [6, 6.07) is -0.532. The van der Waals surface area contributed by atoms with Crippen molar-refractivity contribution in [3.8, 4) is 0 Å². The minimum Gasteiger partial charge on any atom is -0.461 e. The molecule has 1 fully saturated rings. The van der Waals surface area contributed by atoms with Crippen LogP contribution < -0.4 is 10.6 Å². The average Bonchev–Trinajstić information content (AvgIpc) is 2.79. The van der Waals surface area contributed by atoms with Gasteiger partial charge >= 0.3 is 5.97 Å². The Labute approximate surface area is 115 Å².